The molecule has 0 aromatic rings. The molecule has 0 radical (unpaired) electrons. The van der Waals surface area contributed by atoms with Crippen LogP contribution in [0, 0.1) is 5.92 Å². The van der Waals surface area contributed by atoms with Gasteiger partial charge in [0.25, 0.3) is 0 Å². The Kier molecular flexibility index (Phi) is 3.68. The van der Waals surface area contributed by atoms with Crippen LogP contribution in [-0.2, 0) is 9.47 Å². The maximum Gasteiger partial charge on any atom is 0.146 e. The van der Waals surface area contributed by atoms with Gasteiger partial charge in [-0.25, -0.2) is 0 Å². The Hall–Kier alpha value is -0.150. The molecule has 0 unspecified atom stereocenters. The molecule has 1 rings (SSSR count). The molecule has 0 bridgehead atoms. The van der Waals surface area contributed by atoms with Gasteiger partial charge in [-0.1, -0.05) is 0 Å². The zero-order chi connectivity index (χ0) is 7.23. The Labute approximate surface area is 66.5 Å². The van der Waals surface area contributed by atoms with E-state index in [4.69, 9.17) is 9.47 Å². The molecule has 1 fully saturated rings. The maximum atomic E-state index is 5.19. The lowest BCUT2D eigenvalue weighted by Crippen LogP contribution is -2.19. The highest BCUT2D eigenvalue weighted by Gasteiger charge is 2.12. The molecule has 1 aliphatic heterocycles. The van der Waals surface area contributed by atoms with E-state index in [1.807, 2.05) is 0 Å². The lowest BCUT2D eigenvalue weighted by atomic mass is 10.0. The second-order valence-electron chi connectivity index (χ2n) is 2.49. The van der Waals surface area contributed by atoms with E-state index in [0.29, 0.717) is 5.92 Å². The summed E-state index contributed by atoms with van der Waals surface area (Å²) in [6.45, 7) is 2.53. The second kappa shape index (κ2) is 4.63. The monoisotopic (exact) mass is 160 g/mol. The minimum absolute atomic E-state index is 0.660. The number of ether oxygens (including phenoxy) is 2. The van der Waals surface area contributed by atoms with Crippen LogP contribution in [0.15, 0.2) is 0 Å². The molecule has 1 saturated heterocycles. The van der Waals surface area contributed by atoms with Gasteiger partial charge >= 0.3 is 0 Å². The summed E-state index contributed by atoms with van der Waals surface area (Å²) in [6, 6.07) is 0. The van der Waals surface area contributed by atoms with Crippen LogP contribution in [0.25, 0.3) is 0 Å². The molecule has 10 heavy (non-hydrogen) atoms. The molecule has 0 amide bonds. The zero-order valence-corrected chi connectivity index (χ0v) is 6.73. The summed E-state index contributed by atoms with van der Waals surface area (Å²) in [7, 11) is 0. The SMILES string of the molecule is S=COCC1CCOCC1. The van der Waals surface area contributed by atoms with E-state index >= 15 is 0 Å². The van der Waals surface area contributed by atoms with Crippen LogP contribution in [0.1, 0.15) is 12.8 Å². The molecule has 1 aliphatic rings. The van der Waals surface area contributed by atoms with Gasteiger partial charge in [-0.15, -0.1) is 0 Å². The Balaban J connectivity index is 2.07. The number of hydrogen-bond donors (Lipinski definition) is 0. The first-order chi connectivity index (χ1) is 4.93. The molecule has 0 N–H and O–H groups in total. The highest BCUT2D eigenvalue weighted by atomic mass is 32.1. The van der Waals surface area contributed by atoms with Crippen molar-refractivity contribution < 1.29 is 9.47 Å². The van der Waals surface area contributed by atoms with Crippen molar-refractivity contribution in [2.45, 2.75) is 12.8 Å². The van der Waals surface area contributed by atoms with Crippen molar-refractivity contribution in [3.8, 4) is 0 Å². The van der Waals surface area contributed by atoms with Crippen LogP contribution >= 0.6 is 12.2 Å². The predicted molar refractivity (Wildman–Crippen MR) is 43.2 cm³/mol. The Morgan fingerprint density at radius 2 is 2.20 bits per heavy atom. The Morgan fingerprint density at radius 3 is 2.80 bits per heavy atom. The summed E-state index contributed by atoms with van der Waals surface area (Å²) in [4.78, 5) is 0. The van der Waals surface area contributed by atoms with Crippen molar-refractivity contribution in [3.63, 3.8) is 0 Å². The topological polar surface area (TPSA) is 18.5 Å². The van der Waals surface area contributed by atoms with Crippen molar-refractivity contribution in [1.29, 1.82) is 0 Å². The third kappa shape index (κ3) is 2.62. The molecule has 3 heteroatoms. The number of rotatable bonds is 3. The molecule has 0 atom stereocenters. The maximum absolute atomic E-state index is 5.19. The quantitative estimate of drug-likeness (QED) is 0.581. The van der Waals surface area contributed by atoms with Gasteiger partial charge in [-0.05, 0) is 31.0 Å². The summed E-state index contributed by atoms with van der Waals surface area (Å²) in [5, 5.41) is 0. The van der Waals surface area contributed by atoms with Gasteiger partial charge in [0.2, 0.25) is 0 Å². The highest BCUT2D eigenvalue weighted by Crippen LogP contribution is 2.13. The van der Waals surface area contributed by atoms with Gasteiger partial charge < -0.3 is 9.47 Å². The zero-order valence-electron chi connectivity index (χ0n) is 5.91. The van der Waals surface area contributed by atoms with Crippen LogP contribution in [-0.4, -0.2) is 25.4 Å². The van der Waals surface area contributed by atoms with Crippen LogP contribution in [0.4, 0.5) is 0 Å². The van der Waals surface area contributed by atoms with Crippen LogP contribution < -0.4 is 0 Å². The lowest BCUT2D eigenvalue weighted by molar-refractivity contribution is 0.0495. The van der Waals surface area contributed by atoms with E-state index in [0.717, 1.165) is 32.7 Å². The Bertz CT molecular complexity index is 99.8. The van der Waals surface area contributed by atoms with E-state index in [9.17, 15) is 0 Å². The molecule has 0 spiro atoms. The number of hydrogen-bond acceptors (Lipinski definition) is 3. The van der Waals surface area contributed by atoms with E-state index in [1.165, 1.54) is 5.55 Å². The van der Waals surface area contributed by atoms with Gasteiger partial charge in [-0.2, -0.15) is 0 Å². The smallest absolute Gasteiger partial charge is 0.146 e. The van der Waals surface area contributed by atoms with Crippen molar-refractivity contribution in [2.75, 3.05) is 19.8 Å². The molecule has 1 heterocycles. The minimum Gasteiger partial charge on any atom is -0.490 e. The standard InChI is InChI=1S/C7H12O2S/c10-6-9-5-7-1-3-8-4-2-7/h6-7H,1-5H2. The average molecular weight is 160 g/mol. The van der Waals surface area contributed by atoms with Crippen molar-refractivity contribution in [2.24, 2.45) is 5.92 Å². The molecule has 0 aromatic heterocycles. The lowest BCUT2D eigenvalue weighted by Gasteiger charge is -2.20. The highest BCUT2D eigenvalue weighted by molar-refractivity contribution is 7.78. The summed E-state index contributed by atoms with van der Waals surface area (Å²) >= 11 is 4.54. The van der Waals surface area contributed by atoms with Gasteiger partial charge in [0.15, 0.2) is 0 Å². The molecule has 58 valence electrons. The summed E-state index contributed by atoms with van der Waals surface area (Å²) < 4.78 is 10.2. The van der Waals surface area contributed by atoms with Crippen molar-refractivity contribution in [3.05, 3.63) is 0 Å². The summed E-state index contributed by atoms with van der Waals surface area (Å²) in [5.41, 5.74) is 1.34. The summed E-state index contributed by atoms with van der Waals surface area (Å²) in [5.74, 6) is 0.660. The van der Waals surface area contributed by atoms with Gasteiger partial charge in [0.1, 0.15) is 5.55 Å². The molecule has 0 aliphatic carbocycles. The first-order valence-electron chi connectivity index (χ1n) is 3.56. The normalized spacial score (nSPS) is 20.4. The number of thiocarbonyl (C=S) groups is 1. The molecule has 0 saturated carbocycles. The van der Waals surface area contributed by atoms with Crippen LogP contribution in [0.2, 0.25) is 0 Å². The predicted octanol–water partition coefficient (Wildman–Crippen LogP) is 1.39. The fourth-order valence-corrected chi connectivity index (χ4v) is 1.17. The third-order valence-electron chi connectivity index (χ3n) is 1.74. The molecular weight excluding hydrogens is 148 g/mol. The Morgan fingerprint density at radius 1 is 1.50 bits per heavy atom. The minimum atomic E-state index is 0.660. The van der Waals surface area contributed by atoms with E-state index in [-0.39, 0.29) is 0 Å². The van der Waals surface area contributed by atoms with Crippen LogP contribution in [0.3, 0.4) is 0 Å². The molecule has 2 nitrogen and oxygen atoms in total. The van der Waals surface area contributed by atoms with E-state index in [1.54, 1.807) is 0 Å². The fourth-order valence-electron chi connectivity index (χ4n) is 1.09. The summed E-state index contributed by atoms with van der Waals surface area (Å²) in [6.07, 6.45) is 2.23. The molecular formula is C7H12O2S. The van der Waals surface area contributed by atoms with Crippen molar-refractivity contribution >= 4 is 17.8 Å². The van der Waals surface area contributed by atoms with Crippen molar-refractivity contribution in [1.82, 2.24) is 0 Å². The average Bonchev–Trinajstić information content (AvgIpc) is 2.03. The fraction of sp³-hybridized carbons (Fsp3) is 0.857. The first-order valence-corrected chi connectivity index (χ1v) is 4.03. The molecule has 0 aromatic carbocycles. The van der Waals surface area contributed by atoms with E-state index in [2.05, 4.69) is 12.2 Å². The van der Waals surface area contributed by atoms with E-state index < -0.39 is 0 Å². The van der Waals surface area contributed by atoms with Gasteiger partial charge in [0.05, 0.1) is 6.61 Å². The van der Waals surface area contributed by atoms with Gasteiger partial charge in [-0.3, -0.25) is 0 Å². The first kappa shape index (κ1) is 7.95. The largest absolute Gasteiger partial charge is 0.490 e. The van der Waals surface area contributed by atoms with Crippen LogP contribution in [0.5, 0.6) is 0 Å². The third-order valence-corrected chi connectivity index (χ3v) is 1.88. The van der Waals surface area contributed by atoms with Gasteiger partial charge in [0, 0.05) is 13.2 Å². The second-order valence-corrected chi connectivity index (χ2v) is 2.68.